The van der Waals surface area contributed by atoms with Crippen LogP contribution in [0.15, 0.2) is 12.2 Å². The summed E-state index contributed by atoms with van der Waals surface area (Å²) in [5.41, 5.74) is 0.285. The molecule has 1 rings (SSSR count). The number of alkyl carbamates (subject to hydrolysis) is 2. The third kappa shape index (κ3) is 12.5. The first-order valence-corrected chi connectivity index (χ1v) is 11.9. The molecule has 34 heavy (non-hydrogen) atoms. The molecule has 0 spiro atoms. The molecular weight excluding hydrogens is 444 g/mol. The lowest BCUT2D eigenvalue weighted by molar-refractivity contribution is -0.150. The Morgan fingerprint density at radius 1 is 0.853 bits per heavy atom. The predicted molar refractivity (Wildman–Crippen MR) is 125 cm³/mol. The number of ether oxygens (including phenoxy) is 4. The predicted octanol–water partition coefficient (Wildman–Crippen LogP) is 3.34. The third-order valence-corrected chi connectivity index (χ3v) is 5.31. The summed E-state index contributed by atoms with van der Waals surface area (Å²) in [7, 11) is 0. The molecule has 0 radical (unpaired) electrons. The summed E-state index contributed by atoms with van der Waals surface area (Å²) in [6.45, 7) is 12.8. The maximum Gasteiger partial charge on any atom is 0.407 e. The summed E-state index contributed by atoms with van der Waals surface area (Å²) in [4.78, 5) is 46.9. The minimum absolute atomic E-state index is 0.0205. The van der Waals surface area contributed by atoms with Crippen molar-refractivity contribution in [3.8, 4) is 0 Å². The number of hydrogen-bond acceptors (Lipinski definition) is 8. The number of rotatable bonds is 12. The van der Waals surface area contributed by atoms with Gasteiger partial charge < -0.3 is 29.6 Å². The van der Waals surface area contributed by atoms with Gasteiger partial charge in [0, 0.05) is 18.7 Å². The number of carbonyl (C=O) groups is 4. The van der Waals surface area contributed by atoms with Gasteiger partial charge in [-0.25, -0.2) is 14.4 Å². The molecule has 2 N–H and O–H groups in total. The number of hydrogen-bond donors (Lipinski definition) is 2. The minimum Gasteiger partial charge on any atom is -0.462 e. The molecule has 0 saturated heterocycles. The summed E-state index contributed by atoms with van der Waals surface area (Å²) < 4.78 is 20.5. The van der Waals surface area contributed by atoms with Crippen molar-refractivity contribution in [2.24, 2.45) is 17.8 Å². The lowest BCUT2D eigenvalue weighted by Crippen LogP contribution is -2.38. The van der Waals surface area contributed by atoms with E-state index in [1.807, 2.05) is 0 Å². The van der Waals surface area contributed by atoms with Crippen molar-refractivity contribution in [1.29, 1.82) is 0 Å². The molecule has 10 heteroatoms. The Labute approximate surface area is 202 Å². The molecule has 1 saturated carbocycles. The van der Waals surface area contributed by atoms with Crippen LogP contribution in [-0.2, 0) is 28.5 Å². The fourth-order valence-corrected chi connectivity index (χ4v) is 3.43. The van der Waals surface area contributed by atoms with E-state index < -0.39 is 30.4 Å². The number of carbonyl (C=O) groups excluding carboxylic acids is 4. The molecule has 4 atom stereocenters. The van der Waals surface area contributed by atoms with Gasteiger partial charge in [-0.05, 0) is 51.9 Å². The zero-order chi connectivity index (χ0) is 25.7. The third-order valence-electron chi connectivity index (χ3n) is 5.31. The van der Waals surface area contributed by atoms with Crippen molar-refractivity contribution < 1.29 is 38.1 Å². The van der Waals surface area contributed by atoms with Gasteiger partial charge in [-0.1, -0.05) is 26.8 Å². The van der Waals surface area contributed by atoms with Crippen LogP contribution in [0.4, 0.5) is 9.59 Å². The van der Waals surface area contributed by atoms with Gasteiger partial charge in [-0.15, -0.1) is 0 Å². The molecule has 0 aromatic rings. The molecule has 0 bridgehead atoms. The van der Waals surface area contributed by atoms with Gasteiger partial charge in [0.25, 0.3) is 0 Å². The minimum atomic E-state index is -0.575. The summed E-state index contributed by atoms with van der Waals surface area (Å²) in [6, 6.07) is 0. The molecule has 194 valence electrons. The fraction of sp³-hybridized carbons (Fsp3) is 0.750. The molecule has 0 aromatic carbocycles. The normalized spacial score (nSPS) is 19.4. The topological polar surface area (TPSA) is 129 Å². The van der Waals surface area contributed by atoms with Gasteiger partial charge in [-0.2, -0.15) is 0 Å². The van der Waals surface area contributed by atoms with Crippen LogP contribution in [0, 0.1) is 17.8 Å². The highest BCUT2D eigenvalue weighted by atomic mass is 16.6. The van der Waals surface area contributed by atoms with Crippen LogP contribution in [0.5, 0.6) is 0 Å². The van der Waals surface area contributed by atoms with Crippen LogP contribution in [0.25, 0.3) is 0 Å². The average Bonchev–Trinajstić information content (AvgIpc) is 2.78. The molecule has 0 heterocycles. The van der Waals surface area contributed by atoms with Gasteiger partial charge in [0.05, 0.1) is 5.92 Å². The molecule has 1 aliphatic carbocycles. The lowest BCUT2D eigenvalue weighted by Gasteiger charge is -2.29. The maximum absolute atomic E-state index is 12.0. The zero-order valence-electron chi connectivity index (χ0n) is 21.0. The Bertz CT molecular complexity index is 709. The van der Waals surface area contributed by atoms with Crippen molar-refractivity contribution in [2.75, 3.05) is 26.3 Å². The van der Waals surface area contributed by atoms with E-state index in [-0.39, 0.29) is 42.5 Å². The van der Waals surface area contributed by atoms with E-state index in [1.54, 1.807) is 34.6 Å². The van der Waals surface area contributed by atoms with Crippen molar-refractivity contribution >= 4 is 24.1 Å². The SMILES string of the molecule is C=C(C)C(=O)OC[C@H](C)OC(=O)NCC1CCCC(CNC(=O)OC(C)COC(=O)C(C)C)C1. The Morgan fingerprint density at radius 3 is 1.76 bits per heavy atom. The summed E-state index contributed by atoms with van der Waals surface area (Å²) in [5, 5.41) is 5.54. The van der Waals surface area contributed by atoms with Crippen LogP contribution in [-0.4, -0.2) is 62.6 Å². The van der Waals surface area contributed by atoms with Crippen molar-refractivity contribution in [1.82, 2.24) is 10.6 Å². The number of nitrogens with one attached hydrogen (secondary N) is 2. The van der Waals surface area contributed by atoms with Crippen LogP contribution in [0.2, 0.25) is 0 Å². The average molecular weight is 485 g/mol. The van der Waals surface area contributed by atoms with E-state index in [0.29, 0.717) is 13.1 Å². The van der Waals surface area contributed by atoms with Gasteiger partial charge in [0.15, 0.2) is 0 Å². The first-order chi connectivity index (χ1) is 16.0. The van der Waals surface area contributed by atoms with Gasteiger partial charge in [0.2, 0.25) is 0 Å². The van der Waals surface area contributed by atoms with Gasteiger partial charge >= 0.3 is 24.1 Å². The fourth-order valence-electron chi connectivity index (χ4n) is 3.43. The molecule has 1 fully saturated rings. The molecule has 2 amide bonds. The highest BCUT2D eigenvalue weighted by molar-refractivity contribution is 5.86. The van der Waals surface area contributed by atoms with Crippen LogP contribution in [0.1, 0.15) is 60.3 Å². The second-order valence-electron chi connectivity index (χ2n) is 9.26. The Hall–Kier alpha value is -2.78. The van der Waals surface area contributed by atoms with E-state index in [0.717, 1.165) is 25.7 Å². The van der Waals surface area contributed by atoms with Crippen LogP contribution < -0.4 is 10.6 Å². The summed E-state index contributed by atoms with van der Waals surface area (Å²) in [6.07, 6.45) is 1.59. The molecule has 10 nitrogen and oxygen atoms in total. The Kier molecular flexibility index (Phi) is 13.1. The Balaban J connectivity index is 2.25. The Morgan fingerprint density at radius 2 is 1.32 bits per heavy atom. The molecule has 3 unspecified atom stereocenters. The van der Waals surface area contributed by atoms with E-state index >= 15 is 0 Å². The zero-order valence-corrected chi connectivity index (χ0v) is 21.0. The second kappa shape index (κ2) is 15.2. The van der Waals surface area contributed by atoms with Crippen LogP contribution >= 0.6 is 0 Å². The van der Waals surface area contributed by atoms with E-state index in [2.05, 4.69) is 17.2 Å². The molecule has 1 aliphatic rings. The second-order valence-corrected chi connectivity index (χ2v) is 9.26. The first kappa shape index (κ1) is 29.3. The molecular formula is C24H40N2O8. The smallest absolute Gasteiger partial charge is 0.407 e. The quantitative estimate of drug-likeness (QED) is 0.245. The highest BCUT2D eigenvalue weighted by Crippen LogP contribution is 2.28. The number of amides is 2. The van der Waals surface area contributed by atoms with Gasteiger partial charge in [0.1, 0.15) is 25.4 Å². The monoisotopic (exact) mass is 484 g/mol. The number of esters is 2. The standard InChI is InChI=1S/C24H40N2O8/c1-15(2)21(27)31-13-17(5)33-23(29)25-11-19-8-7-9-20(10-19)12-26-24(30)34-18(6)14-32-22(28)16(3)4/h16-20H,1,7-14H2,2-6H3,(H,25,29)(H,26,30)/t17-,18?,19?,20?/m0/s1. The largest absolute Gasteiger partial charge is 0.462 e. The summed E-state index contributed by atoms with van der Waals surface area (Å²) in [5.74, 6) is -0.534. The molecule has 0 aliphatic heterocycles. The highest BCUT2D eigenvalue weighted by Gasteiger charge is 2.24. The lowest BCUT2D eigenvalue weighted by atomic mass is 9.81. The van der Waals surface area contributed by atoms with E-state index in [9.17, 15) is 19.2 Å². The van der Waals surface area contributed by atoms with E-state index in [1.165, 1.54) is 0 Å². The van der Waals surface area contributed by atoms with Crippen molar-refractivity contribution in [3.63, 3.8) is 0 Å². The van der Waals surface area contributed by atoms with Crippen LogP contribution in [0.3, 0.4) is 0 Å². The molecule has 0 aromatic heterocycles. The van der Waals surface area contributed by atoms with Crippen molar-refractivity contribution in [3.05, 3.63) is 12.2 Å². The maximum atomic E-state index is 12.0. The van der Waals surface area contributed by atoms with E-state index in [4.69, 9.17) is 18.9 Å². The summed E-state index contributed by atoms with van der Waals surface area (Å²) >= 11 is 0. The van der Waals surface area contributed by atoms with Gasteiger partial charge in [-0.3, -0.25) is 4.79 Å². The van der Waals surface area contributed by atoms with Crippen molar-refractivity contribution in [2.45, 2.75) is 72.5 Å². The first-order valence-electron chi connectivity index (χ1n) is 11.9.